The van der Waals surface area contributed by atoms with Crippen LogP contribution in [0.5, 0.6) is 0 Å². The fourth-order valence-corrected chi connectivity index (χ4v) is 4.14. The van der Waals surface area contributed by atoms with Gasteiger partial charge in [-0.15, -0.1) is 10.2 Å². The summed E-state index contributed by atoms with van der Waals surface area (Å²) >= 11 is 1.26. The first-order valence-corrected chi connectivity index (χ1v) is 11.8. The van der Waals surface area contributed by atoms with E-state index in [1.165, 1.54) is 36.0 Å². The summed E-state index contributed by atoms with van der Waals surface area (Å²) in [5.41, 5.74) is 2.13. The van der Waals surface area contributed by atoms with Crippen LogP contribution in [0.4, 0.5) is 10.1 Å². The number of hydrogen-bond donors (Lipinski definition) is 2. The van der Waals surface area contributed by atoms with E-state index in [4.69, 9.17) is 0 Å². The number of aromatic nitrogens is 3. The molecular formula is C24H28FN5O2S. The summed E-state index contributed by atoms with van der Waals surface area (Å²) in [6.45, 7) is 8.53. The second kappa shape index (κ2) is 11.1. The maximum Gasteiger partial charge on any atom is 0.251 e. The summed E-state index contributed by atoms with van der Waals surface area (Å²) in [7, 11) is 0. The normalized spacial score (nSPS) is 11.9. The zero-order chi connectivity index (χ0) is 24.0. The highest BCUT2D eigenvalue weighted by Gasteiger charge is 2.26. The van der Waals surface area contributed by atoms with Gasteiger partial charge in [-0.05, 0) is 56.2 Å². The number of amides is 2. The van der Waals surface area contributed by atoms with Gasteiger partial charge in [0, 0.05) is 17.8 Å². The molecule has 9 heteroatoms. The summed E-state index contributed by atoms with van der Waals surface area (Å²) in [6.07, 6.45) is 0. The molecule has 2 N–H and O–H groups in total. The molecule has 1 heterocycles. The van der Waals surface area contributed by atoms with Gasteiger partial charge in [0.2, 0.25) is 5.91 Å². The van der Waals surface area contributed by atoms with Crippen LogP contribution in [-0.4, -0.2) is 32.3 Å². The Morgan fingerprint density at radius 3 is 2.48 bits per heavy atom. The second-order valence-corrected chi connectivity index (χ2v) is 8.94. The van der Waals surface area contributed by atoms with Crippen LogP contribution in [0.25, 0.3) is 0 Å². The lowest BCUT2D eigenvalue weighted by molar-refractivity contribution is -0.113. The molecule has 0 fully saturated rings. The molecule has 2 aromatic carbocycles. The number of nitrogens with one attached hydrogen (secondary N) is 2. The maximum atomic E-state index is 13.0. The highest BCUT2D eigenvalue weighted by molar-refractivity contribution is 7.99. The average Bonchev–Trinajstić information content (AvgIpc) is 3.19. The molecule has 0 aliphatic carbocycles. The first-order valence-electron chi connectivity index (χ1n) is 10.8. The van der Waals surface area contributed by atoms with Crippen molar-refractivity contribution < 1.29 is 14.0 Å². The van der Waals surface area contributed by atoms with Crippen LogP contribution in [0.2, 0.25) is 0 Å². The van der Waals surface area contributed by atoms with Crippen molar-refractivity contribution in [2.45, 2.75) is 45.4 Å². The predicted molar refractivity (Wildman–Crippen MR) is 128 cm³/mol. The lowest BCUT2D eigenvalue weighted by atomic mass is 10.0. The highest BCUT2D eigenvalue weighted by atomic mass is 32.2. The zero-order valence-corrected chi connectivity index (χ0v) is 19.9. The van der Waals surface area contributed by atoms with Gasteiger partial charge in [-0.25, -0.2) is 4.39 Å². The molecule has 1 atom stereocenters. The van der Waals surface area contributed by atoms with E-state index in [2.05, 4.69) is 20.8 Å². The van der Waals surface area contributed by atoms with Crippen molar-refractivity contribution in [3.8, 4) is 0 Å². The van der Waals surface area contributed by atoms with Crippen LogP contribution in [-0.2, 0) is 11.3 Å². The molecule has 0 spiro atoms. The molecule has 0 aliphatic rings. The number of rotatable bonds is 9. The Bertz CT molecular complexity index is 1110. The first-order chi connectivity index (χ1) is 15.8. The summed E-state index contributed by atoms with van der Waals surface area (Å²) < 4.78 is 14.9. The third-order valence-electron chi connectivity index (χ3n) is 5.03. The Balaban J connectivity index is 1.70. The quantitative estimate of drug-likeness (QED) is 0.447. The van der Waals surface area contributed by atoms with Crippen LogP contribution in [0, 0.1) is 18.7 Å². The van der Waals surface area contributed by atoms with Gasteiger partial charge in [0.25, 0.3) is 5.91 Å². The first kappa shape index (κ1) is 24.4. The number of carbonyl (C=O) groups is 2. The van der Waals surface area contributed by atoms with E-state index < -0.39 is 0 Å². The molecule has 0 aliphatic heterocycles. The fourth-order valence-electron chi connectivity index (χ4n) is 3.33. The predicted octanol–water partition coefficient (Wildman–Crippen LogP) is 4.60. The van der Waals surface area contributed by atoms with Gasteiger partial charge in [0.05, 0.1) is 11.8 Å². The monoisotopic (exact) mass is 469 g/mol. The van der Waals surface area contributed by atoms with Crippen LogP contribution < -0.4 is 10.6 Å². The van der Waals surface area contributed by atoms with E-state index in [0.29, 0.717) is 28.8 Å². The molecule has 0 saturated carbocycles. The van der Waals surface area contributed by atoms with E-state index in [-0.39, 0.29) is 35.3 Å². The van der Waals surface area contributed by atoms with Gasteiger partial charge in [-0.2, -0.15) is 0 Å². The molecule has 3 rings (SSSR count). The summed E-state index contributed by atoms with van der Waals surface area (Å²) in [4.78, 5) is 25.2. The molecular weight excluding hydrogens is 441 g/mol. The molecule has 3 aromatic rings. The van der Waals surface area contributed by atoms with Gasteiger partial charge in [-0.3, -0.25) is 9.59 Å². The van der Waals surface area contributed by atoms with Crippen molar-refractivity contribution in [3.05, 3.63) is 71.3 Å². The van der Waals surface area contributed by atoms with Gasteiger partial charge in [0.15, 0.2) is 11.0 Å². The average molecular weight is 470 g/mol. The minimum atomic E-state index is -0.361. The lowest BCUT2D eigenvalue weighted by Gasteiger charge is -2.22. The molecule has 33 heavy (non-hydrogen) atoms. The number of benzene rings is 2. The van der Waals surface area contributed by atoms with Crippen molar-refractivity contribution >= 4 is 29.3 Å². The third kappa shape index (κ3) is 6.41. The number of halogens is 1. The Morgan fingerprint density at radius 1 is 1.12 bits per heavy atom. The van der Waals surface area contributed by atoms with Crippen molar-refractivity contribution in [3.63, 3.8) is 0 Å². The third-order valence-corrected chi connectivity index (χ3v) is 6.00. The molecule has 0 bridgehead atoms. The second-order valence-electron chi connectivity index (χ2n) is 7.99. The smallest absolute Gasteiger partial charge is 0.251 e. The molecule has 174 valence electrons. The van der Waals surface area contributed by atoms with Crippen molar-refractivity contribution in [1.29, 1.82) is 0 Å². The van der Waals surface area contributed by atoms with Gasteiger partial charge in [-0.1, -0.05) is 43.3 Å². The zero-order valence-electron chi connectivity index (χ0n) is 19.1. The molecule has 0 unspecified atom stereocenters. The molecule has 0 saturated heterocycles. The Morgan fingerprint density at radius 2 is 1.85 bits per heavy atom. The molecule has 1 aromatic heterocycles. The number of nitrogens with zero attached hydrogens (tertiary/aromatic N) is 3. The molecule has 7 nitrogen and oxygen atoms in total. The number of thioether (sulfide) groups is 1. The van der Waals surface area contributed by atoms with Gasteiger partial charge < -0.3 is 15.2 Å². The molecule has 0 radical (unpaired) electrons. The van der Waals surface area contributed by atoms with Crippen LogP contribution in [0.3, 0.4) is 0 Å². The van der Waals surface area contributed by atoms with Gasteiger partial charge in [0.1, 0.15) is 5.82 Å². The van der Waals surface area contributed by atoms with E-state index >= 15 is 0 Å². The van der Waals surface area contributed by atoms with Gasteiger partial charge >= 0.3 is 0 Å². The van der Waals surface area contributed by atoms with Crippen LogP contribution in [0.1, 0.15) is 48.6 Å². The van der Waals surface area contributed by atoms with E-state index in [1.807, 2.05) is 50.5 Å². The summed E-state index contributed by atoms with van der Waals surface area (Å²) in [6, 6.07) is 12.7. The highest BCUT2D eigenvalue weighted by Crippen LogP contribution is 2.26. The largest absolute Gasteiger partial charge is 0.342 e. The van der Waals surface area contributed by atoms with E-state index in [1.54, 1.807) is 6.07 Å². The SMILES string of the molecule is CCn1c(SCC(=O)Nc2ccc(F)cc2)nnc1[C@H](NC(=O)c1cccc(C)c1)C(C)C. The topological polar surface area (TPSA) is 88.9 Å². The standard InChI is InChI=1S/C24H28FN5O2S/c1-5-30-22(21(15(2)3)27-23(32)17-8-6-7-16(4)13-17)28-29-24(30)33-14-20(31)26-19-11-9-18(25)10-12-19/h6-13,15,21H,5,14H2,1-4H3,(H,26,31)(H,27,32)/t21-/m1/s1. The number of carbonyl (C=O) groups excluding carboxylic acids is 2. The number of hydrogen-bond acceptors (Lipinski definition) is 5. The minimum absolute atomic E-state index is 0.0767. The Labute approximate surface area is 197 Å². The van der Waals surface area contributed by atoms with Crippen molar-refractivity contribution in [2.75, 3.05) is 11.1 Å². The maximum absolute atomic E-state index is 13.0. The fraction of sp³-hybridized carbons (Fsp3) is 0.333. The number of anilines is 1. The Kier molecular flexibility index (Phi) is 8.21. The van der Waals surface area contributed by atoms with Crippen LogP contribution in [0.15, 0.2) is 53.7 Å². The van der Waals surface area contributed by atoms with Crippen LogP contribution >= 0.6 is 11.8 Å². The number of aryl methyl sites for hydroxylation is 1. The summed E-state index contributed by atoms with van der Waals surface area (Å²) in [5, 5.41) is 15.0. The Hall–Kier alpha value is -3.20. The van der Waals surface area contributed by atoms with Crippen molar-refractivity contribution in [2.24, 2.45) is 5.92 Å². The van der Waals surface area contributed by atoms with E-state index in [9.17, 15) is 14.0 Å². The lowest BCUT2D eigenvalue weighted by Crippen LogP contribution is -2.33. The molecule has 2 amide bonds. The summed E-state index contributed by atoms with van der Waals surface area (Å²) in [5.74, 6) is 0.0863. The van der Waals surface area contributed by atoms with E-state index in [0.717, 1.165) is 5.56 Å². The van der Waals surface area contributed by atoms with Crippen molar-refractivity contribution in [1.82, 2.24) is 20.1 Å². The minimum Gasteiger partial charge on any atom is -0.342 e.